The number of nitrogens with two attached hydrogens (primary N) is 2. The zero-order chi connectivity index (χ0) is 13.1. The van der Waals surface area contributed by atoms with E-state index in [1.54, 1.807) is 6.20 Å². The van der Waals surface area contributed by atoms with Gasteiger partial charge in [-0.05, 0) is 24.8 Å². The number of aromatic nitrogens is 3. The molecule has 0 amide bonds. The van der Waals surface area contributed by atoms with Crippen molar-refractivity contribution in [2.75, 3.05) is 5.73 Å². The zero-order valence-electron chi connectivity index (χ0n) is 9.75. The van der Waals surface area contributed by atoms with Crippen LogP contribution >= 0.6 is 11.8 Å². The molecule has 0 saturated carbocycles. The predicted molar refractivity (Wildman–Crippen MR) is 70.2 cm³/mol. The van der Waals surface area contributed by atoms with Crippen LogP contribution in [0.2, 0.25) is 0 Å². The van der Waals surface area contributed by atoms with Gasteiger partial charge >= 0.3 is 0 Å². The molecule has 0 saturated heterocycles. The summed E-state index contributed by atoms with van der Waals surface area (Å²) in [5.41, 5.74) is 12.0. The molecular weight excluding hydrogens is 250 g/mol. The molecule has 0 bridgehead atoms. The minimum absolute atomic E-state index is 0.144. The van der Waals surface area contributed by atoms with Crippen LogP contribution in [0, 0.1) is 0 Å². The highest BCUT2D eigenvalue weighted by Crippen LogP contribution is 2.28. The van der Waals surface area contributed by atoms with Crippen molar-refractivity contribution >= 4 is 17.6 Å². The Morgan fingerprint density at radius 2 is 2.28 bits per heavy atom. The van der Waals surface area contributed by atoms with Crippen LogP contribution < -0.4 is 17.0 Å². The van der Waals surface area contributed by atoms with Crippen LogP contribution in [-0.2, 0) is 0 Å². The van der Waals surface area contributed by atoms with Gasteiger partial charge in [0.1, 0.15) is 10.8 Å². The lowest BCUT2D eigenvalue weighted by atomic mass is 10.2. The van der Waals surface area contributed by atoms with Crippen molar-refractivity contribution in [3.8, 4) is 0 Å². The van der Waals surface area contributed by atoms with Gasteiger partial charge in [-0.3, -0.25) is 4.79 Å². The normalized spacial score (nSPS) is 12.3. The van der Waals surface area contributed by atoms with Gasteiger partial charge in [0, 0.05) is 23.9 Å². The quantitative estimate of drug-likeness (QED) is 0.710. The van der Waals surface area contributed by atoms with Gasteiger partial charge in [0.2, 0.25) is 0 Å². The monoisotopic (exact) mass is 263 g/mol. The highest BCUT2D eigenvalue weighted by atomic mass is 32.2. The fourth-order valence-electron chi connectivity index (χ4n) is 1.43. The molecule has 94 valence electrons. The van der Waals surface area contributed by atoms with Crippen molar-refractivity contribution in [2.45, 2.75) is 23.1 Å². The Morgan fingerprint density at radius 3 is 2.94 bits per heavy atom. The number of rotatable bonds is 3. The standard InChI is InChI=1S/C11H13N5OS/c1-6(12)7-3-2-4-14-10(7)18-11-15-8(13)5-9(17)16-11/h2-6H,12H2,1H3,(H3,13,15,16,17). The predicted octanol–water partition coefficient (Wildman–Crippen LogP) is 0.918. The third-order valence-corrected chi connectivity index (χ3v) is 3.15. The van der Waals surface area contributed by atoms with Crippen molar-refractivity contribution < 1.29 is 0 Å². The van der Waals surface area contributed by atoms with Crippen LogP contribution in [0.1, 0.15) is 18.5 Å². The minimum Gasteiger partial charge on any atom is -0.383 e. The summed E-state index contributed by atoms with van der Waals surface area (Å²) < 4.78 is 0. The first-order valence-corrected chi connectivity index (χ1v) is 6.13. The molecule has 18 heavy (non-hydrogen) atoms. The first kappa shape index (κ1) is 12.6. The number of H-pyrrole nitrogens is 1. The molecule has 6 nitrogen and oxygen atoms in total. The average molecular weight is 263 g/mol. The molecule has 0 aliphatic rings. The van der Waals surface area contributed by atoms with Crippen molar-refractivity contribution in [3.63, 3.8) is 0 Å². The Balaban J connectivity index is 2.37. The van der Waals surface area contributed by atoms with E-state index >= 15 is 0 Å². The molecule has 2 aromatic rings. The van der Waals surface area contributed by atoms with Crippen LogP contribution in [0.3, 0.4) is 0 Å². The van der Waals surface area contributed by atoms with Gasteiger partial charge in [-0.1, -0.05) is 6.07 Å². The topological polar surface area (TPSA) is 111 Å². The van der Waals surface area contributed by atoms with Crippen molar-refractivity contribution in [1.82, 2.24) is 15.0 Å². The Kier molecular flexibility index (Phi) is 3.63. The highest BCUT2D eigenvalue weighted by molar-refractivity contribution is 7.99. The largest absolute Gasteiger partial charge is 0.383 e. The van der Waals surface area contributed by atoms with E-state index in [1.165, 1.54) is 17.8 Å². The van der Waals surface area contributed by atoms with Crippen molar-refractivity contribution in [2.24, 2.45) is 5.73 Å². The van der Waals surface area contributed by atoms with Gasteiger partial charge in [0.05, 0.1) is 0 Å². The van der Waals surface area contributed by atoms with E-state index in [9.17, 15) is 4.79 Å². The molecule has 1 atom stereocenters. The van der Waals surface area contributed by atoms with E-state index < -0.39 is 0 Å². The van der Waals surface area contributed by atoms with Gasteiger partial charge in [-0.2, -0.15) is 0 Å². The van der Waals surface area contributed by atoms with E-state index in [2.05, 4.69) is 15.0 Å². The fraction of sp³-hybridized carbons (Fsp3) is 0.182. The number of hydrogen-bond donors (Lipinski definition) is 3. The van der Waals surface area contributed by atoms with E-state index in [4.69, 9.17) is 11.5 Å². The Labute approximate surface area is 108 Å². The maximum Gasteiger partial charge on any atom is 0.253 e. The second-order valence-electron chi connectivity index (χ2n) is 3.76. The lowest BCUT2D eigenvalue weighted by molar-refractivity contribution is 0.778. The molecule has 7 heteroatoms. The van der Waals surface area contributed by atoms with Crippen molar-refractivity contribution in [1.29, 1.82) is 0 Å². The molecule has 0 fully saturated rings. The SMILES string of the molecule is CC(N)c1cccnc1Sc1nc(N)cc(=O)[nH]1. The van der Waals surface area contributed by atoms with Crippen LogP contribution in [0.4, 0.5) is 5.82 Å². The molecule has 0 spiro atoms. The maximum atomic E-state index is 11.3. The summed E-state index contributed by atoms with van der Waals surface area (Å²) >= 11 is 1.23. The molecule has 1 unspecified atom stereocenters. The molecule has 0 aromatic carbocycles. The van der Waals surface area contributed by atoms with Gasteiger partial charge in [0.25, 0.3) is 5.56 Å². The fourth-order valence-corrected chi connectivity index (χ4v) is 2.40. The zero-order valence-corrected chi connectivity index (χ0v) is 10.6. The summed E-state index contributed by atoms with van der Waals surface area (Å²) in [4.78, 5) is 22.2. The minimum atomic E-state index is -0.289. The second kappa shape index (κ2) is 5.19. The molecule has 2 aromatic heterocycles. The molecule has 0 radical (unpaired) electrons. The summed E-state index contributed by atoms with van der Waals surface area (Å²) in [7, 11) is 0. The van der Waals surface area contributed by atoms with Gasteiger partial charge in [0.15, 0.2) is 5.16 Å². The first-order chi connectivity index (χ1) is 8.56. The Hall–Kier alpha value is -1.86. The summed E-state index contributed by atoms with van der Waals surface area (Å²) in [5, 5.41) is 1.11. The summed E-state index contributed by atoms with van der Waals surface area (Å²) in [6.07, 6.45) is 1.67. The van der Waals surface area contributed by atoms with Gasteiger partial charge in [-0.15, -0.1) is 0 Å². The van der Waals surface area contributed by atoms with E-state index in [-0.39, 0.29) is 17.4 Å². The summed E-state index contributed by atoms with van der Waals surface area (Å²) in [6, 6.07) is 4.80. The average Bonchev–Trinajstić information content (AvgIpc) is 2.27. The number of anilines is 1. The smallest absolute Gasteiger partial charge is 0.253 e. The second-order valence-corrected chi connectivity index (χ2v) is 4.74. The lowest BCUT2D eigenvalue weighted by Gasteiger charge is -2.10. The summed E-state index contributed by atoms with van der Waals surface area (Å²) in [5.74, 6) is 0.180. The molecule has 5 N–H and O–H groups in total. The Morgan fingerprint density at radius 1 is 1.50 bits per heavy atom. The molecular formula is C11H13N5OS. The third kappa shape index (κ3) is 2.88. The number of aromatic amines is 1. The molecule has 0 aliphatic heterocycles. The molecule has 2 rings (SSSR count). The first-order valence-electron chi connectivity index (χ1n) is 5.31. The van der Waals surface area contributed by atoms with Gasteiger partial charge in [-0.25, -0.2) is 9.97 Å². The Bertz CT molecular complexity index is 610. The number of nitrogens with one attached hydrogen (secondary N) is 1. The number of nitrogen functional groups attached to an aromatic ring is 1. The van der Waals surface area contributed by atoms with E-state index in [0.29, 0.717) is 10.2 Å². The van der Waals surface area contributed by atoms with Crippen LogP contribution in [0.25, 0.3) is 0 Å². The molecule has 0 aliphatic carbocycles. The van der Waals surface area contributed by atoms with Crippen LogP contribution in [-0.4, -0.2) is 15.0 Å². The van der Waals surface area contributed by atoms with E-state index in [1.807, 2.05) is 19.1 Å². The molecule has 2 heterocycles. The number of nitrogens with zero attached hydrogens (tertiary/aromatic N) is 2. The third-order valence-electron chi connectivity index (χ3n) is 2.22. The highest BCUT2D eigenvalue weighted by Gasteiger charge is 2.10. The van der Waals surface area contributed by atoms with Crippen molar-refractivity contribution in [3.05, 3.63) is 40.3 Å². The maximum absolute atomic E-state index is 11.3. The van der Waals surface area contributed by atoms with Crippen LogP contribution in [0.5, 0.6) is 0 Å². The van der Waals surface area contributed by atoms with E-state index in [0.717, 1.165) is 5.56 Å². The number of pyridine rings is 1. The number of hydrogen-bond acceptors (Lipinski definition) is 6. The van der Waals surface area contributed by atoms with Gasteiger partial charge < -0.3 is 16.5 Å². The summed E-state index contributed by atoms with van der Waals surface area (Å²) in [6.45, 7) is 1.87. The van der Waals surface area contributed by atoms with Crippen LogP contribution in [0.15, 0.2) is 39.4 Å². The lowest BCUT2D eigenvalue weighted by Crippen LogP contribution is -2.10.